The maximum atomic E-state index is 8.95. The van der Waals surface area contributed by atoms with Crippen molar-refractivity contribution in [2.75, 3.05) is 18.9 Å². The molecule has 0 heterocycles. The van der Waals surface area contributed by atoms with E-state index in [2.05, 4.69) is 12.1 Å². The lowest BCUT2D eigenvalue weighted by molar-refractivity contribution is 0.250. The molecule has 2 unspecified atom stereocenters. The van der Waals surface area contributed by atoms with E-state index in [1.54, 1.807) is 0 Å². The van der Waals surface area contributed by atoms with Gasteiger partial charge in [0.05, 0.1) is 0 Å². The predicted octanol–water partition coefficient (Wildman–Crippen LogP) is 2.05. The summed E-state index contributed by atoms with van der Waals surface area (Å²) in [4.78, 5) is 0. The highest BCUT2D eigenvalue weighted by Gasteiger charge is 2.11. The van der Waals surface area contributed by atoms with Crippen LogP contribution < -0.4 is 5.73 Å². The number of hydrogen-bond donors (Lipinski definition) is 2. The lowest BCUT2D eigenvalue weighted by atomic mass is 10.1. The molecule has 0 amide bonds. The first-order chi connectivity index (χ1) is 7.27. The third-order valence-electron chi connectivity index (χ3n) is 2.28. The van der Waals surface area contributed by atoms with Crippen molar-refractivity contribution in [3.05, 3.63) is 35.9 Å². The van der Waals surface area contributed by atoms with Gasteiger partial charge in [0.1, 0.15) is 0 Å². The number of hydrogen-bond acceptors (Lipinski definition) is 3. The van der Waals surface area contributed by atoms with Crippen molar-refractivity contribution >= 4 is 11.8 Å². The normalized spacial score (nSPS) is 14.9. The Morgan fingerprint density at radius 3 is 2.53 bits per heavy atom. The molecule has 0 aliphatic heterocycles. The van der Waals surface area contributed by atoms with Crippen LogP contribution in [0.2, 0.25) is 0 Å². The van der Waals surface area contributed by atoms with Crippen molar-refractivity contribution in [2.24, 2.45) is 11.7 Å². The third-order valence-corrected chi connectivity index (χ3v) is 3.91. The van der Waals surface area contributed by atoms with Crippen molar-refractivity contribution in [1.82, 2.24) is 0 Å². The van der Waals surface area contributed by atoms with Crippen LogP contribution in [-0.4, -0.2) is 24.0 Å². The second-order valence-electron chi connectivity index (χ2n) is 3.76. The van der Waals surface area contributed by atoms with Gasteiger partial charge in [-0.25, -0.2) is 0 Å². The average Bonchev–Trinajstić information content (AvgIpc) is 2.31. The van der Waals surface area contributed by atoms with Gasteiger partial charge in [0.25, 0.3) is 0 Å². The van der Waals surface area contributed by atoms with E-state index in [4.69, 9.17) is 10.8 Å². The zero-order valence-corrected chi connectivity index (χ0v) is 9.91. The van der Waals surface area contributed by atoms with Gasteiger partial charge in [-0.1, -0.05) is 37.3 Å². The Kier molecular flexibility index (Phi) is 5.76. The lowest BCUT2D eigenvalue weighted by Crippen LogP contribution is -2.12. The minimum absolute atomic E-state index is 0.249. The fourth-order valence-electron chi connectivity index (χ4n) is 1.30. The minimum atomic E-state index is 0.249. The van der Waals surface area contributed by atoms with E-state index in [9.17, 15) is 0 Å². The summed E-state index contributed by atoms with van der Waals surface area (Å²) in [6.45, 7) is 2.94. The topological polar surface area (TPSA) is 46.2 Å². The van der Waals surface area contributed by atoms with Gasteiger partial charge in [-0.15, -0.1) is 0 Å². The second-order valence-corrected chi connectivity index (χ2v) is 4.99. The molecule has 0 bridgehead atoms. The van der Waals surface area contributed by atoms with E-state index in [1.165, 1.54) is 5.56 Å². The van der Waals surface area contributed by atoms with Crippen LogP contribution in [0.25, 0.3) is 0 Å². The molecule has 0 spiro atoms. The molecule has 0 aliphatic rings. The van der Waals surface area contributed by atoms with Crippen LogP contribution in [0.4, 0.5) is 0 Å². The van der Waals surface area contributed by atoms with Crippen molar-refractivity contribution in [3.63, 3.8) is 0 Å². The van der Waals surface area contributed by atoms with Gasteiger partial charge in [0.2, 0.25) is 0 Å². The van der Waals surface area contributed by atoms with Crippen LogP contribution in [0.5, 0.6) is 0 Å². The van der Waals surface area contributed by atoms with Gasteiger partial charge >= 0.3 is 0 Å². The standard InChI is InChI=1S/C12H19NOS/c1-10(8-14)9-15-12(7-13)11-5-3-2-4-6-11/h2-6,10,12,14H,7-9,13H2,1H3. The van der Waals surface area contributed by atoms with Gasteiger partial charge < -0.3 is 10.8 Å². The Labute approximate surface area is 95.9 Å². The quantitative estimate of drug-likeness (QED) is 0.779. The Morgan fingerprint density at radius 1 is 1.33 bits per heavy atom. The van der Waals surface area contributed by atoms with Gasteiger partial charge in [-0.05, 0) is 17.2 Å². The second kappa shape index (κ2) is 6.88. The minimum Gasteiger partial charge on any atom is -0.396 e. The molecule has 1 aromatic carbocycles. The van der Waals surface area contributed by atoms with Crippen LogP contribution in [0.1, 0.15) is 17.7 Å². The summed E-state index contributed by atoms with van der Waals surface area (Å²) >= 11 is 1.82. The Morgan fingerprint density at radius 2 is 2.00 bits per heavy atom. The van der Waals surface area contributed by atoms with Crippen molar-refractivity contribution in [1.29, 1.82) is 0 Å². The predicted molar refractivity (Wildman–Crippen MR) is 66.9 cm³/mol. The SMILES string of the molecule is CC(CO)CSC(CN)c1ccccc1. The average molecular weight is 225 g/mol. The first kappa shape index (κ1) is 12.6. The summed E-state index contributed by atoms with van der Waals surface area (Å²) in [6.07, 6.45) is 0. The molecule has 2 nitrogen and oxygen atoms in total. The van der Waals surface area contributed by atoms with Crippen LogP contribution in [0.3, 0.4) is 0 Å². The Balaban J connectivity index is 2.50. The zero-order chi connectivity index (χ0) is 11.1. The summed E-state index contributed by atoms with van der Waals surface area (Å²) in [7, 11) is 0. The smallest absolute Gasteiger partial charge is 0.0464 e. The van der Waals surface area contributed by atoms with E-state index >= 15 is 0 Å². The number of rotatable bonds is 6. The highest BCUT2D eigenvalue weighted by molar-refractivity contribution is 7.99. The molecule has 1 aromatic rings. The van der Waals surface area contributed by atoms with Crippen LogP contribution in [0.15, 0.2) is 30.3 Å². The first-order valence-electron chi connectivity index (χ1n) is 5.25. The van der Waals surface area contributed by atoms with Crippen molar-refractivity contribution in [3.8, 4) is 0 Å². The summed E-state index contributed by atoms with van der Waals surface area (Å²) in [6, 6.07) is 10.3. The molecule has 0 radical (unpaired) electrons. The molecule has 1 rings (SSSR count). The van der Waals surface area contributed by atoms with E-state index in [-0.39, 0.29) is 6.61 Å². The van der Waals surface area contributed by atoms with Crippen LogP contribution >= 0.6 is 11.8 Å². The molecule has 2 atom stereocenters. The Bertz CT molecular complexity index is 266. The first-order valence-corrected chi connectivity index (χ1v) is 6.30. The summed E-state index contributed by atoms with van der Waals surface area (Å²) in [5.41, 5.74) is 7.02. The molecule has 15 heavy (non-hydrogen) atoms. The zero-order valence-electron chi connectivity index (χ0n) is 9.10. The highest BCUT2D eigenvalue weighted by Crippen LogP contribution is 2.28. The van der Waals surface area contributed by atoms with Crippen molar-refractivity contribution in [2.45, 2.75) is 12.2 Å². The highest BCUT2D eigenvalue weighted by atomic mass is 32.2. The van der Waals surface area contributed by atoms with Crippen molar-refractivity contribution < 1.29 is 5.11 Å². The number of benzene rings is 1. The molecule has 0 aliphatic carbocycles. The van der Waals surface area contributed by atoms with Gasteiger partial charge in [-0.2, -0.15) is 11.8 Å². The molecule has 3 heteroatoms. The van der Waals surface area contributed by atoms with Gasteiger partial charge in [-0.3, -0.25) is 0 Å². The molecule has 84 valence electrons. The number of aliphatic hydroxyl groups excluding tert-OH is 1. The van der Waals surface area contributed by atoms with Gasteiger partial charge in [0.15, 0.2) is 0 Å². The molecular weight excluding hydrogens is 206 g/mol. The molecule has 3 N–H and O–H groups in total. The largest absolute Gasteiger partial charge is 0.396 e. The number of aliphatic hydroxyl groups is 1. The molecule has 0 aromatic heterocycles. The van der Waals surface area contributed by atoms with E-state index in [0.29, 0.717) is 17.7 Å². The fraction of sp³-hybridized carbons (Fsp3) is 0.500. The van der Waals surface area contributed by atoms with Crippen LogP contribution in [0, 0.1) is 5.92 Å². The van der Waals surface area contributed by atoms with E-state index < -0.39 is 0 Å². The summed E-state index contributed by atoms with van der Waals surface area (Å²) in [5.74, 6) is 1.29. The molecule has 0 saturated carbocycles. The molecular formula is C12H19NOS. The summed E-state index contributed by atoms with van der Waals surface area (Å²) < 4.78 is 0. The molecule has 0 fully saturated rings. The monoisotopic (exact) mass is 225 g/mol. The Hall–Kier alpha value is -0.510. The van der Waals surface area contributed by atoms with Gasteiger partial charge in [0, 0.05) is 18.4 Å². The van der Waals surface area contributed by atoms with E-state index in [0.717, 1.165) is 5.75 Å². The van der Waals surface area contributed by atoms with E-state index in [1.807, 2.05) is 36.9 Å². The maximum absolute atomic E-state index is 8.95. The fourth-order valence-corrected chi connectivity index (χ4v) is 2.45. The summed E-state index contributed by atoms with van der Waals surface area (Å²) in [5, 5.41) is 9.29. The lowest BCUT2D eigenvalue weighted by Gasteiger charge is -2.16. The maximum Gasteiger partial charge on any atom is 0.0464 e. The number of nitrogens with two attached hydrogens (primary N) is 1. The number of thioether (sulfide) groups is 1. The van der Waals surface area contributed by atoms with Crippen LogP contribution in [-0.2, 0) is 0 Å². The third kappa shape index (κ3) is 4.24. The molecule has 0 saturated heterocycles.